The molecule has 0 N–H and O–H groups in total. The van der Waals surface area contributed by atoms with Crippen LogP contribution in [0, 0.1) is 0 Å². The van der Waals surface area contributed by atoms with Crippen molar-refractivity contribution in [2.75, 3.05) is 0 Å². The molecule has 0 fully saturated rings. The van der Waals surface area contributed by atoms with E-state index in [0.29, 0.717) is 17.5 Å². The van der Waals surface area contributed by atoms with E-state index in [-0.39, 0.29) is 0 Å². The van der Waals surface area contributed by atoms with E-state index in [1.165, 1.54) is 77.9 Å². The van der Waals surface area contributed by atoms with E-state index in [1.807, 2.05) is 0 Å². The quantitative estimate of drug-likeness (QED) is 0.137. The van der Waals surface area contributed by atoms with Crippen LogP contribution in [0.2, 0.25) is 0 Å². The van der Waals surface area contributed by atoms with Gasteiger partial charge in [-0.3, -0.25) is 0 Å². The Bertz CT molecular complexity index is 4810. The Hall–Kier alpha value is -11.1. The largest absolute Gasteiger partial charge is 0.208 e. The normalized spacial score (nSPS) is 12.3. The second-order valence-corrected chi connectivity index (χ2v) is 22.2. The van der Waals surface area contributed by atoms with Crippen molar-refractivity contribution >= 4 is 0 Å². The summed E-state index contributed by atoms with van der Waals surface area (Å²) in [5, 5.41) is 0. The Morgan fingerprint density at radius 1 is 0.153 bits per heavy atom. The number of benzene rings is 13. The summed E-state index contributed by atoms with van der Waals surface area (Å²) in [5.74, 6) is 1.83. The molecule has 2 aliphatic rings. The van der Waals surface area contributed by atoms with Crippen molar-refractivity contribution in [1.29, 1.82) is 0 Å². The fraction of sp³-hybridized carbons (Fsp3) is 0.0122. The van der Waals surface area contributed by atoms with Gasteiger partial charge in [-0.15, -0.1) is 0 Å². The highest BCUT2D eigenvalue weighted by Crippen LogP contribution is 2.63. The number of fused-ring (bicyclic) bond motifs is 10. The second kappa shape index (κ2) is 20.7. The third kappa shape index (κ3) is 8.72. The van der Waals surface area contributed by atoms with E-state index in [9.17, 15) is 0 Å². The summed E-state index contributed by atoms with van der Waals surface area (Å²) < 4.78 is 0. The first kappa shape index (κ1) is 49.7. The number of aromatic nitrogens is 3. The molecular formula is C82H53N3. The van der Waals surface area contributed by atoms with Crippen LogP contribution in [0.3, 0.4) is 0 Å². The van der Waals surface area contributed by atoms with Gasteiger partial charge >= 0.3 is 0 Å². The smallest absolute Gasteiger partial charge is 0.164 e. The summed E-state index contributed by atoms with van der Waals surface area (Å²) in [6.45, 7) is 0. The van der Waals surface area contributed by atoms with Crippen LogP contribution in [-0.4, -0.2) is 15.0 Å². The molecule has 14 aromatic rings. The Morgan fingerprint density at radius 2 is 0.388 bits per heavy atom. The molecule has 0 bridgehead atoms. The first-order valence-electron chi connectivity index (χ1n) is 29.1. The van der Waals surface area contributed by atoms with Crippen molar-refractivity contribution in [3.8, 4) is 134 Å². The fourth-order valence-electron chi connectivity index (χ4n) is 13.3. The lowest BCUT2D eigenvalue weighted by molar-refractivity contribution is 0.794. The summed E-state index contributed by atoms with van der Waals surface area (Å²) in [4.78, 5) is 15.7. The van der Waals surface area contributed by atoms with Gasteiger partial charge < -0.3 is 0 Å². The van der Waals surface area contributed by atoms with Gasteiger partial charge in [-0.05, 0) is 159 Å². The maximum absolute atomic E-state index is 5.24. The molecule has 1 spiro atoms. The third-order valence-electron chi connectivity index (χ3n) is 17.4. The Morgan fingerprint density at radius 3 is 0.765 bits per heavy atom. The molecule has 0 radical (unpaired) electrons. The molecule has 0 unspecified atom stereocenters. The first-order valence-corrected chi connectivity index (χ1v) is 29.1. The second-order valence-electron chi connectivity index (χ2n) is 22.2. The van der Waals surface area contributed by atoms with Crippen LogP contribution in [-0.2, 0) is 5.41 Å². The number of nitrogens with zero attached hydrogens (tertiary/aromatic N) is 3. The van der Waals surface area contributed by atoms with Crippen molar-refractivity contribution in [2.24, 2.45) is 0 Å². The Labute approximate surface area is 495 Å². The minimum absolute atomic E-state index is 0.392. The maximum Gasteiger partial charge on any atom is 0.164 e. The predicted molar refractivity (Wildman–Crippen MR) is 350 cm³/mol. The van der Waals surface area contributed by atoms with Gasteiger partial charge in [0.25, 0.3) is 0 Å². The van der Waals surface area contributed by atoms with Crippen molar-refractivity contribution in [3.63, 3.8) is 0 Å². The fourth-order valence-corrected chi connectivity index (χ4v) is 13.3. The summed E-state index contributed by atoms with van der Waals surface area (Å²) >= 11 is 0. The zero-order valence-corrected chi connectivity index (χ0v) is 46.4. The van der Waals surface area contributed by atoms with Crippen LogP contribution in [0.15, 0.2) is 322 Å². The van der Waals surface area contributed by atoms with E-state index < -0.39 is 5.41 Å². The molecule has 0 saturated carbocycles. The summed E-state index contributed by atoms with van der Waals surface area (Å²) in [5.41, 5.74) is 29.1. The third-order valence-corrected chi connectivity index (χ3v) is 17.4. The van der Waals surface area contributed by atoms with Crippen molar-refractivity contribution in [1.82, 2.24) is 15.0 Å². The zero-order valence-electron chi connectivity index (χ0n) is 46.4. The van der Waals surface area contributed by atoms with Gasteiger partial charge in [-0.1, -0.05) is 285 Å². The van der Waals surface area contributed by atoms with Gasteiger partial charge in [0.1, 0.15) is 0 Å². The highest BCUT2D eigenvalue weighted by atomic mass is 15.0. The highest BCUT2D eigenvalue weighted by molar-refractivity contribution is 5.96. The highest BCUT2D eigenvalue weighted by Gasteiger charge is 2.51. The van der Waals surface area contributed by atoms with Crippen LogP contribution < -0.4 is 0 Å². The van der Waals surface area contributed by atoms with E-state index in [4.69, 9.17) is 15.0 Å². The topological polar surface area (TPSA) is 38.7 Å². The summed E-state index contributed by atoms with van der Waals surface area (Å²) in [7, 11) is 0. The van der Waals surface area contributed by atoms with Crippen LogP contribution in [0.5, 0.6) is 0 Å². The van der Waals surface area contributed by atoms with Crippen molar-refractivity contribution < 1.29 is 0 Å². The van der Waals surface area contributed by atoms with Crippen LogP contribution in [0.1, 0.15) is 22.3 Å². The van der Waals surface area contributed by atoms with Crippen LogP contribution >= 0.6 is 0 Å². The van der Waals surface area contributed by atoms with Crippen molar-refractivity contribution in [2.45, 2.75) is 5.41 Å². The SMILES string of the molecule is c1ccc(-c2cccc(-c3ccc(-c4nc(-c5ccc(-c6cccc(-c7cccc(-c8ccc9c(c8)C8(c%10ccccc%10-c%10ccccc%108)c8ccccc8-9)c7)c6)cc5)nc(-c5cccc(-c6cccc(-c7ccccc7)c6)c5)n4)cc3)c2)cc1. The lowest BCUT2D eigenvalue weighted by Crippen LogP contribution is -2.25. The van der Waals surface area contributed by atoms with Crippen LogP contribution in [0.4, 0.5) is 0 Å². The molecule has 0 saturated heterocycles. The molecular weight excluding hydrogens is 1030 g/mol. The minimum atomic E-state index is -0.392. The average molecular weight is 1080 g/mol. The minimum Gasteiger partial charge on any atom is -0.208 e. The molecule has 0 atom stereocenters. The van der Waals surface area contributed by atoms with Gasteiger partial charge in [-0.25, -0.2) is 15.0 Å². The molecule has 2 aliphatic carbocycles. The lowest BCUT2D eigenvalue weighted by atomic mass is 9.70. The molecule has 16 rings (SSSR count). The van der Waals surface area contributed by atoms with Gasteiger partial charge in [0, 0.05) is 16.7 Å². The maximum atomic E-state index is 5.24. The standard InChI is InChI=1S/C82H53N3/c1-3-18-54(19-4-1)60-22-13-24-62(48-60)56-38-42-58(43-39-56)79-83-80(85-81(84-79)70-31-17-30-68(52-70)65-27-14-23-61(49-65)55-20-5-2-6-21-55)59-44-40-57(41-45-59)63-25-15-26-64(50-63)66-28-16-29-67(51-66)69-46-47-74-73-34-9-12-37-77(73)82(78(74)53-69)75-35-10-7-32-71(75)72-33-8-11-36-76(72)82/h1-53H. The van der Waals surface area contributed by atoms with Gasteiger partial charge in [0.15, 0.2) is 17.5 Å². The number of hydrogen-bond acceptors (Lipinski definition) is 3. The van der Waals surface area contributed by atoms with Crippen molar-refractivity contribution in [3.05, 3.63) is 344 Å². The molecule has 0 amide bonds. The van der Waals surface area contributed by atoms with Gasteiger partial charge in [0.2, 0.25) is 0 Å². The Balaban J connectivity index is 0.728. The van der Waals surface area contributed by atoms with E-state index in [2.05, 4.69) is 322 Å². The summed E-state index contributed by atoms with van der Waals surface area (Å²) in [6, 6.07) is 116. The van der Waals surface area contributed by atoms with E-state index in [0.717, 1.165) is 61.2 Å². The number of hydrogen-bond donors (Lipinski definition) is 0. The van der Waals surface area contributed by atoms with Crippen LogP contribution in [0.25, 0.3) is 134 Å². The molecule has 3 heteroatoms. The molecule has 3 nitrogen and oxygen atoms in total. The zero-order chi connectivity index (χ0) is 56.3. The van der Waals surface area contributed by atoms with Gasteiger partial charge in [-0.2, -0.15) is 0 Å². The monoisotopic (exact) mass is 1080 g/mol. The molecule has 0 aliphatic heterocycles. The van der Waals surface area contributed by atoms with Gasteiger partial charge in [0.05, 0.1) is 5.41 Å². The average Bonchev–Trinajstić information content (AvgIpc) is 1.57. The number of rotatable bonds is 10. The molecule has 396 valence electrons. The lowest BCUT2D eigenvalue weighted by Gasteiger charge is -2.30. The molecule has 1 heterocycles. The predicted octanol–water partition coefficient (Wildman–Crippen LogP) is 20.9. The molecule has 13 aromatic carbocycles. The Kier molecular flexibility index (Phi) is 12.1. The first-order chi connectivity index (χ1) is 42.1. The molecule has 1 aromatic heterocycles. The summed E-state index contributed by atoms with van der Waals surface area (Å²) in [6.07, 6.45) is 0. The molecule has 85 heavy (non-hydrogen) atoms. The van der Waals surface area contributed by atoms with E-state index >= 15 is 0 Å². The van der Waals surface area contributed by atoms with E-state index in [1.54, 1.807) is 0 Å².